The highest BCUT2D eigenvalue weighted by molar-refractivity contribution is 5.94. The van der Waals surface area contributed by atoms with Crippen LogP contribution in [0.1, 0.15) is 24.1 Å². The zero-order chi connectivity index (χ0) is 23.5. The molecule has 0 saturated carbocycles. The Morgan fingerprint density at radius 2 is 1.79 bits per heavy atom. The van der Waals surface area contributed by atoms with Crippen molar-refractivity contribution in [3.05, 3.63) is 70.4 Å². The number of aromatic nitrogens is 4. The van der Waals surface area contributed by atoms with Gasteiger partial charge in [-0.1, -0.05) is 0 Å². The molecule has 0 unspecified atom stereocenters. The highest BCUT2D eigenvalue weighted by Gasteiger charge is 2.18. The summed E-state index contributed by atoms with van der Waals surface area (Å²) in [5.74, 6) is 1.35. The molecule has 34 heavy (non-hydrogen) atoms. The van der Waals surface area contributed by atoms with Crippen molar-refractivity contribution in [1.82, 2.24) is 19.5 Å². The van der Waals surface area contributed by atoms with Gasteiger partial charge in [0, 0.05) is 60.9 Å². The molecule has 0 spiro atoms. The van der Waals surface area contributed by atoms with Crippen molar-refractivity contribution in [2.24, 2.45) is 7.05 Å². The van der Waals surface area contributed by atoms with Gasteiger partial charge in [0.05, 0.1) is 18.3 Å². The Bertz CT molecular complexity index is 1380. The summed E-state index contributed by atoms with van der Waals surface area (Å²) in [7, 11) is 3.40. The maximum atomic E-state index is 12.5. The average molecular weight is 457 g/mol. The van der Waals surface area contributed by atoms with E-state index in [-0.39, 0.29) is 5.56 Å². The number of nitrogens with zero attached hydrogens (tertiary/aromatic N) is 4. The quantitative estimate of drug-likeness (QED) is 0.409. The minimum atomic E-state index is -0.112. The van der Waals surface area contributed by atoms with Gasteiger partial charge in [-0.15, -0.1) is 0 Å². The number of hydrogen-bond acceptors (Lipinski definition) is 7. The van der Waals surface area contributed by atoms with Crippen molar-refractivity contribution in [2.45, 2.75) is 25.7 Å². The fourth-order valence-corrected chi connectivity index (χ4v) is 4.46. The number of aryl methyl sites for hydroxylation is 1. The summed E-state index contributed by atoms with van der Waals surface area (Å²) >= 11 is 0. The second-order valence-electron chi connectivity index (χ2n) is 8.45. The van der Waals surface area contributed by atoms with Crippen molar-refractivity contribution in [3.8, 4) is 17.0 Å². The van der Waals surface area contributed by atoms with E-state index in [2.05, 4.69) is 26.7 Å². The van der Waals surface area contributed by atoms with Crippen LogP contribution in [0, 0.1) is 0 Å². The molecule has 174 valence electrons. The van der Waals surface area contributed by atoms with E-state index < -0.39 is 0 Å². The standard InChI is InChI=1S/C26H28N6O2/c1-32-24(33)16-23(17-9-11-27-12-10-17)31-26(32)29-14-13-28-25-19-5-3-4-6-21(19)30-22-8-7-18(34-2)15-20(22)25/h7-12,15-16H,3-6,13-14H2,1-2H3,(H,28,30)(H,29,31). The lowest BCUT2D eigenvalue weighted by atomic mass is 9.92. The van der Waals surface area contributed by atoms with Crippen LogP contribution in [0.3, 0.4) is 0 Å². The monoisotopic (exact) mass is 456 g/mol. The van der Waals surface area contributed by atoms with Crippen LogP contribution in [-0.2, 0) is 19.9 Å². The maximum absolute atomic E-state index is 12.5. The van der Waals surface area contributed by atoms with Crippen molar-refractivity contribution < 1.29 is 4.74 Å². The molecule has 3 aromatic heterocycles. The van der Waals surface area contributed by atoms with E-state index in [1.54, 1.807) is 32.6 Å². The molecule has 0 amide bonds. The van der Waals surface area contributed by atoms with Crippen LogP contribution in [0.5, 0.6) is 5.75 Å². The topological polar surface area (TPSA) is 94.0 Å². The van der Waals surface area contributed by atoms with Gasteiger partial charge in [-0.05, 0) is 61.6 Å². The third kappa shape index (κ3) is 4.31. The van der Waals surface area contributed by atoms with Crippen LogP contribution in [0.4, 0.5) is 11.6 Å². The van der Waals surface area contributed by atoms with Gasteiger partial charge in [-0.3, -0.25) is 19.3 Å². The Kier molecular flexibility index (Phi) is 6.12. The predicted molar refractivity (Wildman–Crippen MR) is 135 cm³/mol. The van der Waals surface area contributed by atoms with Gasteiger partial charge in [0.1, 0.15) is 5.75 Å². The van der Waals surface area contributed by atoms with Crippen molar-refractivity contribution >= 4 is 22.5 Å². The predicted octanol–water partition coefficient (Wildman–Crippen LogP) is 3.80. The Morgan fingerprint density at radius 1 is 1.00 bits per heavy atom. The highest BCUT2D eigenvalue weighted by atomic mass is 16.5. The Labute approximate surface area is 198 Å². The minimum Gasteiger partial charge on any atom is -0.497 e. The lowest BCUT2D eigenvalue weighted by Crippen LogP contribution is -2.24. The van der Waals surface area contributed by atoms with Crippen LogP contribution in [-0.4, -0.2) is 39.7 Å². The summed E-state index contributed by atoms with van der Waals surface area (Å²) in [5, 5.41) is 8.03. The fraction of sp³-hybridized carbons (Fsp3) is 0.308. The number of methoxy groups -OCH3 is 1. The molecular formula is C26H28N6O2. The Balaban J connectivity index is 1.37. The molecule has 1 aliphatic rings. The lowest BCUT2D eigenvalue weighted by molar-refractivity contribution is 0.415. The molecule has 3 heterocycles. The molecule has 0 radical (unpaired) electrons. The van der Waals surface area contributed by atoms with E-state index in [0.29, 0.717) is 24.7 Å². The van der Waals surface area contributed by atoms with Gasteiger partial charge in [0.2, 0.25) is 5.95 Å². The molecule has 0 fully saturated rings. The SMILES string of the molecule is COc1ccc2nc3c(c(NCCNc4nc(-c5ccncc5)cc(=O)n4C)c2c1)CCCC3. The number of hydrogen-bond donors (Lipinski definition) is 2. The molecule has 2 N–H and O–H groups in total. The van der Waals surface area contributed by atoms with E-state index in [9.17, 15) is 4.79 Å². The van der Waals surface area contributed by atoms with Crippen molar-refractivity contribution in [3.63, 3.8) is 0 Å². The summed E-state index contributed by atoms with van der Waals surface area (Å²) in [5.41, 5.74) is 5.98. The summed E-state index contributed by atoms with van der Waals surface area (Å²) < 4.78 is 6.99. The van der Waals surface area contributed by atoms with Crippen molar-refractivity contribution in [1.29, 1.82) is 0 Å². The molecule has 1 aromatic carbocycles. The first-order chi connectivity index (χ1) is 16.6. The second-order valence-corrected chi connectivity index (χ2v) is 8.45. The van der Waals surface area contributed by atoms with Gasteiger partial charge in [-0.25, -0.2) is 4.98 Å². The third-order valence-electron chi connectivity index (χ3n) is 6.29. The van der Waals surface area contributed by atoms with E-state index in [0.717, 1.165) is 40.7 Å². The summed E-state index contributed by atoms with van der Waals surface area (Å²) in [6.07, 6.45) is 7.77. The maximum Gasteiger partial charge on any atom is 0.255 e. The number of pyridine rings is 2. The fourth-order valence-electron chi connectivity index (χ4n) is 4.46. The third-order valence-corrected chi connectivity index (χ3v) is 6.29. The van der Waals surface area contributed by atoms with Gasteiger partial charge in [0.25, 0.3) is 5.56 Å². The lowest BCUT2D eigenvalue weighted by Gasteiger charge is -2.22. The van der Waals surface area contributed by atoms with Gasteiger partial charge in [-0.2, -0.15) is 0 Å². The van der Waals surface area contributed by atoms with E-state index in [4.69, 9.17) is 9.72 Å². The largest absolute Gasteiger partial charge is 0.497 e. The van der Waals surface area contributed by atoms with Crippen LogP contribution in [0.2, 0.25) is 0 Å². The highest BCUT2D eigenvalue weighted by Crippen LogP contribution is 2.35. The Morgan fingerprint density at radius 3 is 2.62 bits per heavy atom. The number of ether oxygens (including phenoxy) is 1. The zero-order valence-electron chi connectivity index (χ0n) is 19.5. The molecule has 5 rings (SSSR count). The molecule has 0 atom stereocenters. The molecular weight excluding hydrogens is 428 g/mol. The molecule has 4 aromatic rings. The summed E-state index contributed by atoms with van der Waals surface area (Å²) in [6.45, 7) is 1.26. The van der Waals surface area contributed by atoms with Crippen LogP contribution in [0.25, 0.3) is 22.2 Å². The van der Waals surface area contributed by atoms with E-state index in [1.807, 2.05) is 24.3 Å². The smallest absolute Gasteiger partial charge is 0.255 e. The van der Waals surface area contributed by atoms with Crippen LogP contribution in [0.15, 0.2) is 53.6 Å². The van der Waals surface area contributed by atoms with Gasteiger partial charge < -0.3 is 15.4 Å². The first-order valence-electron chi connectivity index (χ1n) is 11.6. The van der Waals surface area contributed by atoms with E-state index >= 15 is 0 Å². The summed E-state index contributed by atoms with van der Waals surface area (Å²) in [6, 6.07) is 11.3. The molecule has 0 saturated heterocycles. The molecule has 8 heteroatoms. The number of anilines is 2. The number of nitrogens with one attached hydrogen (secondary N) is 2. The summed E-state index contributed by atoms with van der Waals surface area (Å²) in [4.78, 5) is 26.1. The van der Waals surface area contributed by atoms with Gasteiger partial charge >= 0.3 is 0 Å². The first-order valence-corrected chi connectivity index (χ1v) is 11.6. The van der Waals surface area contributed by atoms with Gasteiger partial charge in [0.15, 0.2) is 0 Å². The number of fused-ring (bicyclic) bond motifs is 2. The molecule has 0 aliphatic heterocycles. The normalized spacial score (nSPS) is 12.9. The van der Waals surface area contributed by atoms with Crippen LogP contribution >= 0.6 is 0 Å². The minimum absolute atomic E-state index is 0.112. The van der Waals surface area contributed by atoms with Crippen molar-refractivity contribution in [2.75, 3.05) is 30.8 Å². The van der Waals surface area contributed by atoms with E-state index in [1.165, 1.54) is 28.7 Å². The molecule has 1 aliphatic carbocycles. The molecule has 0 bridgehead atoms. The first kappa shape index (κ1) is 21.9. The number of rotatable bonds is 7. The zero-order valence-corrected chi connectivity index (χ0v) is 19.5. The Hall–Kier alpha value is -3.94. The second kappa shape index (κ2) is 9.51. The van der Waals surface area contributed by atoms with Crippen LogP contribution < -0.4 is 20.9 Å². The number of benzene rings is 1. The average Bonchev–Trinajstić information content (AvgIpc) is 2.88. The molecule has 8 nitrogen and oxygen atoms in total.